The normalized spacial score (nSPS) is 24.1. The second-order valence-corrected chi connectivity index (χ2v) is 4.37. The first-order valence-electron chi connectivity index (χ1n) is 5.38. The van der Waals surface area contributed by atoms with Crippen molar-refractivity contribution in [1.29, 1.82) is 0 Å². The molecule has 5 heteroatoms. The van der Waals surface area contributed by atoms with Gasteiger partial charge in [0.25, 0.3) is 0 Å². The van der Waals surface area contributed by atoms with E-state index in [0.29, 0.717) is 5.28 Å². The third-order valence-electron chi connectivity index (χ3n) is 2.98. The summed E-state index contributed by atoms with van der Waals surface area (Å²) in [5, 5.41) is 8.27. The molecule has 0 N–H and O–H groups in total. The van der Waals surface area contributed by atoms with Crippen LogP contribution in [-0.4, -0.2) is 27.5 Å². The minimum Gasteiger partial charge on any atom is -0.376 e. The lowest BCUT2D eigenvalue weighted by Crippen LogP contribution is -2.29. The van der Waals surface area contributed by atoms with Crippen molar-refractivity contribution in [2.75, 3.05) is 6.61 Å². The Kier molecular flexibility index (Phi) is 3.26. The van der Waals surface area contributed by atoms with Gasteiger partial charge < -0.3 is 4.74 Å². The zero-order valence-electron chi connectivity index (χ0n) is 9.11. The molecule has 0 spiro atoms. The molecule has 0 bridgehead atoms. The van der Waals surface area contributed by atoms with Crippen molar-refractivity contribution in [1.82, 2.24) is 14.8 Å². The number of aryl methyl sites for hydroxylation is 1. The number of nitrogens with zero attached hydrogens (tertiary/aromatic N) is 3. The summed E-state index contributed by atoms with van der Waals surface area (Å²) in [7, 11) is 0. The van der Waals surface area contributed by atoms with Crippen LogP contribution >= 0.6 is 11.6 Å². The third kappa shape index (κ3) is 2.16. The molecule has 2 atom stereocenters. The van der Waals surface area contributed by atoms with Crippen LogP contribution in [0.4, 0.5) is 0 Å². The summed E-state index contributed by atoms with van der Waals surface area (Å²) in [5.74, 6) is 0.849. The molecule has 1 aromatic rings. The Bertz CT molecular complexity index is 314. The van der Waals surface area contributed by atoms with Gasteiger partial charge in [0, 0.05) is 6.61 Å². The zero-order chi connectivity index (χ0) is 10.8. The summed E-state index contributed by atoms with van der Waals surface area (Å²) < 4.78 is 7.68. The summed E-state index contributed by atoms with van der Waals surface area (Å²) in [4.78, 5) is 0. The number of hydrogen-bond acceptors (Lipinski definition) is 3. The van der Waals surface area contributed by atoms with E-state index in [2.05, 4.69) is 17.1 Å². The van der Waals surface area contributed by atoms with E-state index in [0.717, 1.165) is 25.3 Å². The fraction of sp³-hybridized carbons (Fsp3) is 0.800. The lowest BCUT2D eigenvalue weighted by atomic mass is 10.0. The fourth-order valence-corrected chi connectivity index (χ4v) is 2.43. The van der Waals surface area contributed by atoms with Crippen LogP contribution in [-0.2, 0) is 4.74 Å². The van der Waals surface area contributed by atoms with Crippen molar-refractivity contribution < 1.29 is 4.74 Å². The molecular formula is C10H16ClN3O. The largest absolute Gasteiger partial charge is 0.376 e. The van der Waals surface area contributed by atoms with Gasteiger partial charge in [-0.15, -0.1) is 10.2 Å². The molecule has 0 aliphatic carbocycles. The predicted molar refractivity (Wildman–Crippen MR) is 58.1 cm³/mol. The standard InChI is InChI=1S/C10H16ClN3O/c1-7(9-5-3-4-6-15-9)14-8(2)12-13-10(14)11/h7,9H,3-6H2,1-2H3. The van der Waals surface area contributed by atoms with E-state index < -0.39 is 0 Å². The lowest BCUT2D eigenvalue weighted by molar-refractivity contribution is -0.0127. The predicted octanol–water partition coefficient (Wildman–Crippen LogP) is 2.37. The molecule has 1 aromatic heterocycles. The van der Waals surface area contributed by atoms with E-state index >= 15 is 0 Å². The summed E-state index contributed by atoms with van der Waals surface area (Å²) >= 11 is 5.99. The van der Waals surface area contributed by atoms with Crippen molar-refractivity contribution in [3.05, 3.63) is 11.1 Å². The summed E-state index contributed by atoms with van der Waals surface area (Å²) in [6.07, 6.45) is 3.73. The molecule has 84 valence electrons. The van der Waals surface area contributed by atoms with Gasteiger partial charge in [-0.3, -0.25) is 4.57 Å². The monoisotopic (exact) mass is 229 g/mol. The van der Waals surface area contributed by atoms with E-state index in [-0.39, 0.29) is 12.1 Å². The summed E-state index contributed by atoms with van der Waals surface area (Å²) in [6, 6.07) is 0.216. The molecule has 2 unspecified atom stereocenters. The molecule has 1 aliphatic heterocycles. The van der Waals surface area contributed by atoms with Crippen molar-refractivity contribution >= 4 is 11.6 Å². The third-order valence-corrected chi connectivity index (χ3v) is 3.24. The van der Waals surface area contributed by atoms with Crippen LogP contribution in [0.1, 0.15) is 38.1 Å². The summed E-state index contributed by atoms with van der Waals surface area (Å²) in [5.41, 5.74) is 0. The van der Waals surface area contributed by atoms with Crippen molar-refractivity contribution in [3.63, 3.8) is 0 Å². The molecule has 0 saturated carbocycles. The van der Waals surface area contributed by atoms with E-state index in [1.54, 1.807) is 0 Å². The van der Waals surface area contributed by atoms with Crippen LogP contribution < -0.4 is 0 Å². The Morgan fingerprint density at radius 1 is 1.47 bits per heavy atom. The number of halogens is 1. The van der Waals surface area contributed by atoms with E-state index in [1.807, 2.05) is 11.5 Å². The molecule has 15 heavy (non-hydrogen) atoms. The highest BCUT2D eigenvalue weighted by Gasteiger charge is 2.25. The molecule has 2 rings (SSSR count). The quantitative estimate of drug-likeness (QED) is 0.782. The van der Waals surface area contributed by atoms with Gasteiger partial charge in [0.2, 0.25) is 5.28 Å². The van der Waals surface area contributed by atoms with Gasteiger partial charge in [-0.1, -0.05) is 0 Å². The number of rotatable bonds is 2. The second-order valence-electron chi connectivity index (χ2n) is 4.03. The maximum Gasteiger partial charge on any atom is 0.225 e. The molecule has 1 saturated heterocycles. The van der Waals surface area contributed by atoms with Gasteiger partial charge in [-0.25, -0.2) is 0 Å². The van der Waals surface area contributed by atoms with Crippen LogP contribution in [0.3, 0.4) is 0 Å². The smallest absolute Gasteiger partial charge is 0.225 e. The maximum atomic E-state index is 5.99. The van der Waals surface area contributed by atoms with Gasteiger partial charge >= 0.3 is 0 Å². The van der Waals surface area contributed by atoms with Gasteiger partial charge in [-0.05, 0) is 44.7 Å². The highest BCUT2D eigenvalue weighted by atomic mass is 35.5. The van der Waals surface area contributed by atoms with E-state index in [4.69, 9.17) is 16.3 Å². The van der Waals surface area contributed by atoms with Crippen LogP contribution in [0.25, 0.3) is 0 Å². The first-order valence-corrected chi connectivity index (χ1v) is 5.76. The number of ether oxygens (including phenoxy) is 1. The van der Waals surface area contributed by atoms with Crippen molar-refractivity contribution in [2.24, 2.45) is 0 Å². The number of aromatic nitrogens is 3. The van der Waals surface area contributed by atoms with Crippen molar-refractivity contribution in [3.8, 4) is 0 Å². The van der Waals surface area contributed by atoms with E-state index in [9.17, 15) is 0 Å². The molecule has 0 amide bonds. The first-order chi connectivity index (χ1) is 7.20. The molecule has 1 fully saturated rings. The average Bonchev–Trinajstić information content (AvgIpc) is 2.59. The topological polar surface area (TPSA) is 39.9 Å². The van der Waals surface area contributed by atoms with Gasteiger partial charge in [0.05, 0.1) is 12.1 Å². The Morgan fingerprint density at radius 3 is 2.80 bits per heavy atom. The zero-order valence-corrected chi connectivity index (χ0v) is 9.87. The molecule has 4 nitrogen and oxygen atoms in total. The Balaban J connectivity index is 2.15. The molecular weight excluding hydrogens is 214 g/mol. The second kappa shape index (κ2) is 4.49. The Morgan fingerprint density at radius 2 is 2.27 bits per heavy atom. The highest BCUT2D eigenvalue weighted by molar-refractivity contribution is 6.28. The Labute approximate surface area is 94.6 Å². The minimum atomic E-state index is 0.216. The first kappa shape index (κ1) is 10.9. The highest BCUT2D eigenvalue weighted by Crippen LogP contribution is 2.26. The Hall–Kier alpha value is -0.610. The summed E-state index contributed by atoms with van der Waals surface area (Å²) in [6.45, 7) is 4.88. The van der Waals surface area contributed by atoms with Crippen molar-refractivity contribution in [2.45, 2.75) is 45.3 Å². The lowest BCUT2D eigenvalue weighted by Gasteiger charge is -2.29. The molecule has 2 heterocycles. The maximum absolute atomic E-state index is 5.99. The molecule has 0 radical (unpaired) electrons. The van der Waals surface area contributed by atoms with Crippen LogP contribution in [0.2, 0.25) is 5.28 Å². The molecule has 1 aliphatic rings. The van der Waals surface area contributed by atoms with Gasteiger partial charge in [-0.2, -0.15) is 0 Å². The van der Waals surface area contributed by atoms with E-state index in [1.165, 1.54) is 6.42 Å². The van der Waals surface area contributed by atoms with Crippen LogP contribution in [0.5, 0.6) is 0 Å². The number of hydrogen-bond donors (Lipinski definition) is 0. The van der Waals surface area contributed by atoms with Gasteiger partial charge in [0.1, 0.15) is 5.82 Å². The van der Waals surface area contributed by atoms with Crippen LogP contribution in [0, 0.1) is 6.92 Å². The molecule has 0 aromatic carbocycles. The minimum absolute atomic E-state index is 0.216. The fourth-order valence-electron chi connectivity index (χ4n) is 2.12. The van der Waals surface area contributed by atoms with Gasteiger partial charge in [0.15, 0.2) is 0 Å². The van der Waals surface area contributed by atoms with Crippen LogP contribution in [0.15, 0.2) is 0 Å². The average molecular weight is 230 g/mol. The SMILES string of the molecule is Cc1nnc(Cl)n1C(C)C1CCCCO1.